The first-order chi connectivity index (χ1) is 12.3. The molecule has 0 spiro atoms. The molecule has 0 aromatic carbocycles. The molecule has 4 aliphatic carbocycles. The van der Waals surface area contributed by atoms with E-state index in [1.807, 2.05) is 0 Å². The van der Waals surface area contributed by atoms with Crippen molar-refractivity contribution in [1.29, 1.82) is 0 Å². The zero-order chi connectivity index (χ0) is 18.7. The van der Waals surface area contributed by atoms with E-state index in [1.54, 1.807) is 0 Å². The fourth-order valence-electron chi connectivity index (χ4n) is 8.42. The maximum Gasteiger partial charge on any atom is 0.0543 e. The zero-order valence-electron chi connectivity index (χ0n) is 17.8. The fourth-order valence-corrected chi connectivity index (χ4v) is 8.42. The molecule has 4 aliphatic rings. The van der Waals surface area contributed by atoms with E-state index < -0.39 is 0 Å². The highest BCUT2D eigenvalue weighted by Crippen LogP contribution is 2.67. The normalized spacial score (nSPS) is 51.7. The van der Waals surface area contributed by atoms with Crippen molar-refractivity contribution >= 4 is 5.71 Å². The second kappa shape index (κ2) is 6.61. The second-order valence-corrected chi connectivity index (χ2v) is 11.1. The van der Waals surface area contributed by atoms with Crippen LogP contribution in [0.1, 0.15) is 92.4 Å². The highest BCUT2D eigenvalue weighted by atomic mass is 16.3. The van der Waals surface area contributed by atoms with Gasteiger partial charge in [-0.15, -0.1) is 0 Å². The Morgan fingerprint density at radius 3 is 2.35 bits per heavy atom. The molecular formula is C24H41NO. The summed E-state index contributed by atoms with van der Waals surface area (Å²) in [5.41, 5.74) is 2.42. The number of fused-ring (bicyclic) bond motifs is 5. The Labute approximate surface area is 161 Å². The van der Waals surface area contributed by atoms with E-state index in [9.17, 15) is 5.11 Å². The lowest BCUT2D eigenvalue weighted by atomic mass is 9.44. The van der Waals surface area contributed by atoms with Gasteiger partial charge in [0.05, 0.1) is 6.10 Å². The lowest BCUT2D eigenvalue weighted by Gasteiger charge is -2.61. The van der Waals surface area contributed by atoms with Gasteiger partial charge in [0.2, 0.25) is 0 Å². The summed E-state index contributed by atoms with van der Waals surface area (Å²) in [6.07, 6.45) is 11.8. The van der Waals surface area contributed by atoms with Crippen LogP contribution >= 0.6 is 0 Å². The number of nitrogens with zero attached hydrogens (tertiary/aromatic N) is 1. The van der Waals surface area contributed by atoms with Gasteiger partial charge in [-0.2, -0.15) is 0 Å². The molecule has 0 heterocycles. The van der Waals surface area contributed by atoms with Gasteiger partial charge in [-0.25, -0.2) is 0 Å². The lowest BCUT2D eigenvalue weighted by Crippen LogP contribution is -2.54. The van der Waals surface area contributed by atoms with Crippen LogP contribution in [0.25, 0.3) is 0 Å². The molecule has 8 atom stereocenters. The number of aliphatic hydroxyl groups is 1. The first-order valence-electron chi connectivity index (χ1n) is 11.5. The summed E-state index contributed by atoms with van der Waals surface area (Å²) in [6, 6.07) is 0.428. The van der Waals surface area contributed by atoms with Crippen molar-refractivity contribution in [3.05, 3.63) is 0 Å². The van der Waals surface area contributed by atoms with Crippen LogP contribution in [0.5, 0.6) is 0 Å². The van der Waals surface area contributed by atoms with Gasteiger partial charge < -0.3 is 5.11 Å². The van der Waals surface area contributed by atoms with Crippen LogP contribution in [0.2, 0.25) is 0 Å². The van der Waals surface area contributed by atoms with Gasteiger partial charge in [-0.1, -0.05) is 13.8 Å². The van der Waals surface area contributed by atoms with Gasteiger partial charge in [0.15, 0.2) is 0 Å². The van der Waals surface area contributed by atoms with Crippen molar-refractivity contribution < 1.29 is 5.11 Å². The Balaban J connectivity index is 1.58. The topological polar surface area (TPSA) is 32.6 Å². The number of aliphatic imine (C=N–C) groups is 1. The summed E-state index contributed by atoms with van der Waals surface area (Å²) in [6.45, 7) is 12.0. The van der Waals surface area contributed by atoms with Crippen LogP contribution in [-0.4, -0.2) is 23.0 Å². The van der Waals surface area contributed by atoms with Crippen molar-refractivity contribution in [2.75, 3.05) is 0 Å². The van der Waals surface area contributed by atoms with Gasteiger partial charge >= 0.3 is 0 Å². The molecule has 0 saturated heterocycles. The lowest BCUT2D eigenvalue weighted by molar-refractivity contribution is -0.123. The summed E-state index contributed by atoms with van der Waals surface area (Å²) in [5.74, 6) is 4.25. The molecule has 0 aliphatic heterocycles. The van der Waals surface area contributed by atoms with Crippen LogP contribution < -0.4 is 0 Å². The molecule has 148 valence electrons. The number of aliphatic hydroxyl groups excluding tert-OH is 1. The highest BCUT2D eigenvalue weighted by molar-refractivity contribution is 5.85. The third-order valence-electron chi connectivity index (χ3n) is 9.60. The molecule has 4 fully saturated rings. The maximum absolute atomic E-state index is 10.2. The minimum Gasteiger partial charge on any atom is -0.393 e. The van der Waals surface area contributed by atoms with Gasteiger partial charge in [-0.05, 0) is 113 Å². The standard InChI is InChI=1S/C24H41NO/c1-15(2)25-16(3)20-8-9-21-19-7-6-17-14-18(26)10-12-23(17,4)22(19)11-13-24(20,21)5/h15,17-22,26H,6-14H2,1-5H3/t17-,18-,19-,20+,21-,22-,23-,24+/m0/s1. The molecule has 4 rings (SSSR count). The summed E-state index contributed by atoms with van der Waals surface area (Å²) in [7, 11) is 0. The molecule has 0 amide bonds. The molecule has 0 unspecified atom stereocenters. The Morgan fingerprint density at radius 2 is 1.62 bits per heavy atom. The Morgan fingerprint density at radius 1 is 0.923 bits per heavy atom. The summed E-state index contributed by atoms with van der Waals surface area (Å²) < 4.78 is 0. The Kier molecular flexibility index (Phi) is 4.82. The number of hydrogen-bond donors (Lipinski definition) is 1. The average molecular weight is 360 g/mol. The molecule has 2 heteroatoms. The van der Waals surface area contributed by atoms with Gasteiger partial charge in [0.1, 0.15) is 0 Å². The maximum atomic E-state index is 10.2. The summed E-state index contributed by atoms with van der Waals surface area (Å²) >= 11 is 0. The molecule has 26 heavy (non-hydrogen) atoms. The monoisotopic (exact) mass is 359 g/mol. The molecule has 2 nitrogen and oxygen atoms in total. The van der Waals surface area contributed by atoms with Gasteiger partial charge in [-0.3, -0.25) is 4.99 Å². The van der Waals surface area contributed by atoms with Crippen molar-refractivity contribution in [3.63, 3.8) is 0 Å². The molecule has 1 N–H and O–H groups in total. The Bertz CT molecular complexity index is 569. The van der Waals surface area contributed by atoms with Gasteiger partial charge in [0.25, 0.3) is 0 Å². The molecule has 0 radical (unpaired) electrons. The van der Waals surface area contributed by atoms with Gasteiger partial charge in [0, 0.05) is 17.7 Å². The predicted octanol–water partition coefficient (Wildman–Crippen LogP) is 5.88. The minimum atomic E-state index is -0.0239. The number of hydrogen-bond acceptors (Lipinski definition) is 2. The van der Waals surface area contributed by atoms with Crippen LogP contribution in [0.15, 0.2) is 4.99 Å². The van der Waals surface area contributed by atoms with Crippen molar-refractivity contribution in [3.8, 4) is 0 Å². The highest BCUT2D eigenvalue weighted by Gasteiger charge is 2.60. The predicted molar refractivity (Wildman–Crippen MR) is 109 cm³/mol. The van der Waals surface area contributed by atoms with E-state index in [-0.39, 0.29) is 6.10 Å². The van der Waals surface area contributed by atoms with E-state index in [1.165, 1.54) is 50.7 Å². The average Bonchev–Trinajstić information content (AvgIpc) is 2.92. The van der Waals surface area contributed by atoms with Crippen molar-refractivity contribution in [1.82, 2.24) is 0 Å². The second-order valence-electron chi connectivity index (χ2n) is 11.1. The van der Waals surface area contributed by atoms with Crippen molar-refractivity contribution in [2.24, 2.45) is 45.4 Å². The van der Waals surface area contributed by atoms with Crippen LogP contribution in [0.3, 0.4) is 0 Å². The fraction of sp³-hybridized carbons (Fsp3) is 0.958. The van der Waals surface area contributed by atoms with E-state index in [0.29, 0.717) is 16.9 Å². The van der Waals surface area contributed by atoms with E-state index in [0.717, 1.165) is 42.4 Å². The SMILES string of the molecule is CC(=NC(C)C)[C@H]1CC[C@H]2[C@@H]3CC[C@H]4C[C@@H](O)CC[C@]4(C)[C@H]3CC[C@]12C. The molecule has 4 saturated carbocycles. The molecule has 0 aromatic rings. The third kappa shape index (κ3) is 2.81. The largest absolute Gasteiger partial charge is 0.393 e. The van der Waals surface area contributed by atoms with E-state index >= 15 is 0 Å². The van der Waals surface area contributed by atoms with Crippen LogP contribution in [-0.2, 0) is 0 Å². The zero-order valence-corrected chi connectivity index (χ0v) is 17.8. The minimum absolute atomic E-state index is 0.0239. The number of rotatable bonds is 2. The molecule has 0 aromatic heterocycles. The smallest absolute Gasteiger partial charge is 0.0543 e. The molecular weight excluding hydrogens is 318 g/mol. The first-order valence-corrected chi connectivity index (χ1v) is 11.5. The first kappa shape index (κ1) is 19.0. The van der Waals surface area contributed by atoms with Crippen molar-refractivity contribution in [2.45, 2.75) is 105 Å². The quantitative estimate of drug-likeness (QED) is 0.614. The van der Waals surface area contributed by atoms with Crippen LogP contribution in [0.4, 0.5) is 0 Å². The summed E-state index contributed by atoms with van der Waals surface area (Å²) in [4.78, 5) is 4.98. The van der Waals surface area contributed by atoms with E-state index in [4.69, 9.17) is 4.99 Å². The Hall–Kier alpha value is -0.370. The van der Waals surface area contributed by atoms with Crippen LogP contribution in [0, 0.1) is 40.4 Å². The molecule has 0 bridgehead atoms. The summed E-state index contributed by atoms with van der Waals surface area (Å²) in [5, 5.41) is 10.2. The van der Waals surface area contributed by atoms with E-state index in [2.05, 4.69) is 34.6 Å². The third-order valence-corrected chi connectivity index (χ3v) is 9.60.